The molecule has 5 nitrogen and oxygen atoms in total. The van der Waals surface area contributed by atoms with Crippen molar-refractivity contribution in [2.45, 2.75) is 77.5 Å². The molecule has 1 aromatic heterocycles. The average Bonchev–Trinajstić information content (AvgIpc) is 3.27. The normalized spacial score (nSPS) is 22.2. The Morgan fingerprint density at radius 3 is 2.55 bits per heavy atom. The fourth-order valence-electron chi connectivity index (χ4n) is 5.38. The van der Waals surface area contributed by atoms with Crippen molar-refractivity contribution in [3.63, 3.8) is 0 Å². The number of fused-ring (bicyclic) bond motifs is 4. The summed E-state index contributed by atoms with van der Waals surface area (Å²) in [6.45, 7) is 7.91. The number of benzene rings is 2. The Hall–Kier alpha value is -1.51. The van der Waals surface area contributed by atoms with Gasteiger partial charge in [-0.3, -0.25) is 4.90 Å². The molecule has 1 saturated heterocycles. The van der Waals surface area contributed by atoms with Crippen LogP contribution in [-0.2, 0) is 4.74 Å². The third-order valence-corrected chi connectivity index (χ3v) is 6.65. The van der Waals surface area contributed by atoms with E-state index in [-0.39, 0.29) is 58.7 Å². The van der Waals surface area contributed by atoms with Crippen LogP contribution in [0.5, 0.6) is 0 Å². The Labute approximate surface area is 217 Å². The van der Waals surface area contributed by atoms with E-state index in [2.05, 4.69) is 42.2 Å². The van der Waals surface area contributed by atoms with Crippen LogP contribution in [0.25, 0.3) is 21.8 Å². The summed E-state index contributed by atoms with van der Waals surface area (Å²) in [6, 6.07) is 10.9. The van der Waals surface area contributed by atoms with Gasteiger partial charge in [-0.2, -0.15) is 40.5 Å². The molecule has 0 unspecified atom stereocenters. The number of carbonyl (C=O) groups is 1. The van der Waals surface area contributed by atoms with Crippen LogP contribution in [-0.4, -0.2) is 32.6 Å². The van der Waals surface area contributed by atoms with E-state index < -0.39 is 5.60 Å². The van der Waals surface area contributed by atoms with Gasteiger partial charge in [-0.05, 0) is 64.3 Å². The molecule has 0 spiro atoms. The summed E-state index contributed by atoms with van der Waals surface area (Å²) in [6.07, 6.45) is 5.42. The maximum atomic E-state index is 13.2. The minimum absolute atomic E-state index is 0. The Morgan fingerprint density at radius 1 is 1.09 bits per heavy atom. The van der Waals surface area contributed by atoms with Crippen LogP contribution in [0.1, 0.15) is 70.3 Å². The smallest absolute Gasteiger partial charge is 0.411 e. The van der Waals surface area contributed by atoms with Crippen molar-refractivity contribution in [2.24, 2.45) is 5.92 Å². The first kappa shape index (κ1) is 27.7. The average molecular weight is 508 g/mol. The molecule has 5 rings (SSSR count). The molecule has 1 amide bonds. The summed E-state index contributed by atoms with van der Waals surface area (Å²) < 4.78 is 5.83. The van der Waals surface area contributed by atoms with Crippen molar-refractivity contribution in [1.29, 1.82) is 0 Å². The number of hydrogen-bond donors (Lipinski definition) is 1. The van der Waals surface area contributed by atoms with Crippen molar-refractivity contribution in [3.8, 4) is 0 Å². The lowest BCUT2D eigenvalue weighted by molar-refractivity contribution is 0.00953. The standard InChI is InChI=1S/C25H31N3O2.3H2S/c1-15-9-11-18-16(13-15)10-12-19-22(18)27-23(26-19)21-14-17-7-5-6-8-20(17)28(21)24(29)30-25(2,3)4;;;/h9-13,17,20-21H,5-8,14H2,1-4H3,(H,26,27);3*1H2/t17-,20-,21-;;;/m0.../s1. The number of ether oxygens (including phenoxy) is 1. The number of imidazole rings is 1. The lowest BCUT2D eigenvalue weighted by Crippen LogP contribution is -2.43. The molecular weight excluding hydrogens is 470 g/mol. The zero-order valence-electron chi connectivity index (χ0n) is 19.9. The van der Waals surface area contributed by atoms with E-state index >= 15 is 0 Å². The van der Waals surface area contributed by atoms with Crippen molar-refractivity contribution in [3.05, 3.63) is 41.7 Å². The molecule has 0 radical (unpaired) electrons. The molecule has 1 saturated carbocycles. The molecular formula is C25H37N3O2S3. The molecule has 33 heavy (non-hydrogen) atoms. The first-order valence-corrected chi connectivity index (χ1v) is 11.2. The molecule has 1 N–H and O–H groups in total. The number of nitrogens with one attached hydrogen (secondary N) is 1. The van der Waals surface area contributed by atoms with Crippen LogP contribution in [0.3, 0.4) is 0 Å². The molecule has 182 valence electrons. The van der Waals surface area contributed by atoms with Gasteiger partial charge < -0.3 is 9.72 Å². The number of rotatable bonds is 1. The quantitative estimate of drug-likeness (QED) is 0.403. The second kappa shape index (κ2) is 10.4. The summed E-state index contributed by atoms with van der Waals surface area (Å²) in [5, 5.41) is 2.35. The van der Waals surface area contributed by atoms with E-state index in [1.165, 1.54) is 30.2 Å². The zero-order chi connectivity index (χ0) is 21.0. The Morgan fingerprint density at radius 2 is 1.82 bits per heavy atom. The second-order valence-corrected chi connectivity index (χ2v) is 10.1. The van der Waals surface area contributed by atoms with Gasteiger partial charge in [0.05, 0.1) is 17.1 Å². The van der Waals surface area contributed by atoms with Gasteiger partial charge in [-0.15, -0.1) is 0 Å². The van der Waals surface area contributed by atoms with Crippen LogP contribution in [0.4, 0.5) is 4.79 Å². The second-order valence-electron chi connectivity index (χ2n) is 10.1. The van der Waals surface area contributed by atoms with Crippen molar-refractivity contribution < 1.29 is 9.53 Å². The number of likely N-dealkylation sites (tertiary alicyclic amines) is 1. The number of aryl methyl sites for hydroxylation is 1. The molecule has 3 atom stereocenters. The summed E-state index contributed by atoms with van der Waals surface area (Å²) in [5.41, 5.74) is 2.76. The Balaban J connectivity index is 0.00000128. The molecule has 2 aromatic carbocycles. The highest BCUT2D eigenvalue weighted by atomic mass is 32.1. The van der Waals surface area contributed by atoms with E-state index in [1.807, 2.05) is 25.7 Å². The number of H-pyrrole nitrogens is 1. The maximum Gasteiger partial charge on any atom is 0.411 e. The topological polar surface area (TPSA) is 58.2 Å². The first-order chi connectivity index (χ1) is 14.3. The van der Waals surface area contributed by atoms with Crippen LogP contribution in [0.2, 0.25) is 0 Å². The maximum absolute atomic E-state index is 13.2. The number of aromatic amines is 1. The molecule has 2 heterocycles. The van der Waals surface area contributed by atoms with E-state index in [9.17, 15) is 4.79 Å². The van der Waals surface area contributed by atoms with E-state index in [4.69, 9.17) is 9.72 Å². The molecule has 1 aliphatic heterocycles. The third-order valence-electron chi connectivity index (χ3n) is 6.65. The van der Waals surface area contributed by atoms with Gasteiger partial charge in [-0.25, -0.2) is 9.78 Å². The highest BCUT2D eigenvalue weighted by molar-refractivity contribution is 7.59. The minimum Gasteiger partial charge on any atom is -0.444 e. The third kappa shape index (κ3) is 5.28. The number of amides is 1. The molecule has 2 fully saturated rings. The largest absolute Gasteiger partial charge is 0.444 e. The highest BCUT2D eigenvalue weighted by Crippen LogP contribution is 2.46. The molecule has 2 aliphatic rings. The summed E-state index contributed by atoms with van der Waals surface area (Å²) >= 11 is 0. The molecule has 0 bridgehead atoms. The predicted octanol–water partition coefficient (Wildman–Crippen LogP) is 6.60. The van der Waals surface area contributed by atoms with Crippen LogP contribution < -0.4 is 0 Å². The lowest BCUT2D eigenvalue weighted by atomic mass is 9.85. The summed E-state index contributed by atoms with van der Waals surface area (Å²) in [4.78, 5) is 23.8. The van der Waals surface area contributed by atoms with Gasteiger partial charge in [0, 0.05) is 11.4 Å². The van der Waals surface area contributed by atoms with Crippen LogP contribution in [0.15, 0.2) is 30.3 Å². The predicted molar refractivity (Wildman–Crippen MR) is 151 cm³/mol. The first-order valence-electron chi connectivity index (χ1n) is 11.2. The minimum atomic E-state index is -0.504. The highest BCUT2D eigenvalue weighted by Gasteiger charge is 2.47. The van der Waals surface area contributed by atoms with Gasteiger partial charge in [0.1, 0.15) is 11.4 Å². The van der Waals surface area contributed by atoms with Crippen molar-refractivity contribution >= 4 is 68.4 Å². The fourth-order valence-corrected chi connectivity index (χ4v) is 5.38. The summed E-state index contributed by atoms with van der Waals surface area (Å²) in [5.74, 6) is 1.42. The van der Waals surface area contributed by atoms with E-state index in [1.54, 1.807) is 0 Å². The van der Waals surface area contributed by atoms with Gasteiger partial charge in [0.15, 0.2) is 0 Å². The Kier molecular flexibility index (Phi) is 8.74. The monoisotopic (exact) mass is 507 g/mol. The van der Waals surface area contributed by atoms with Crippen molar-refractivity contribution in [1.82, 2.24) is 14.9 Å². The number of aromatic nitrogens is 2. The van der Waals surface area contributed by atoms with Crippen LogP contribution in [0, 0.1) is 12.8 Å². The number of hydrogen-bond acceptors (Lipinski definition) is 3. The van der Waals surface area contributed by atoms with Gasteiger partial charge in [-0.1, -0.05) is 42.7 Å². The molecule has 3 aromatic rings. The zero-order valence-corrected chi connectivity index (χ0v) is 22.9. The molecule has 8 heteroatoms. The van der Waals surface area contributed by atoms with E-state index in [0.29, 0.717) is 5.92 Å². The fraction of sp³-hybridized carbons (Fsp3) is 0.520. The van der Waals surface area contributed by atoms with Gasteiger partial charge >= 0.3 is 6.09 Å². The SMILES string of the molecule is Cc1ccc2c(ccc3[nH]c([C@@H]4C[C@@H]5CCCC[C@@H]5N4C(=O)OC(C)(C)C)nc32)c1.S.S.S. The van der Waals surface area contributed by atoms with E-state index in [0.717, 1.165) is 35.1 Å². The lowest BCUT2D eigenvalue weighted by Gasteiger charge is -2.34. The van der Waals surface area contributed by atoms with Crippen LogP contribution >= 0.6 is 40.5 Å². The number of carbonyl (C=O) groups excluding carboxylic acids is 1. The van der Waals surface area contributed by atoms with Gasteiger partial charge in [0.25, 0.3) is 0 Å². The summed E-state index contributed by atoms with van der Waals surface area (Å²) in [7, 11) is 0. The van der Waals surface area contributed by atoms with Gasteiger partial charge in [0.2, 0.25) is 0 Å². The number of nitrogens with zero attached hydrogens (tertiary/aromatic N) is 2. The molecule has 1 aliphatic carbocycles. The van der Waals surface area contributed by atoms with Crippen molar-refractivity contribution in [2.75, 3.05) is 0 Å². The Bertz CT molecular complexity index is 1130.